The molecule has 0 amide bonds. The van der Waals surface area contributed by atoms with E-state index in [-0.39, 0.29) is 0 Å². The Balaban J connectivity index is 1.41. The summed E-state index contributed by atoms with van der Waals surface area (Å²) in [7, 11) is 0. The summed E-state index contributed by atoms with van der Waals surface area (Å²) in [5.74, 6) is 0. The summed E-state index contributed by atoms with van der Waals surface area (Å²) in [6.07, 6.45) is 0. The number of anilines is 3. The van der Waals surface area contributed by atoms with Gasteiger partial charge >= 0.3 is 0 Å². The zero-order valence-electron chi connectivity index (χ0n) is 24.1. The second-order valence-electron chi connectivity index (χ2n) is 11.0. The van der Waals surface area contributed by atoms with Crippen molar-refractivity contribution in [3.8, 4) is 33.4 Å². The Morgan fingerprint density at radius 1 is 0.341 bits per heavy atom. The molecule has 8 aromatic rings. The van der Waals surface area contributed by atoms with Crippen molar-refractivity contribution in [2.24, 2.45) is 0 Å². The Bertz CT molecular complexity index is 2140. The predicted octanol–water partition coefficient (Wildman–Crippen LogP) is 12.5. The van der Waals surface area contributed by atoms with Crippen molar-refractivity contribution >= 4 is 48.6 Å². The Kier molecular flexibility index (Phi) is 6.75. The normalized spacial score (nSPS) is 11.2. The van der Waals surface area contributed by atoms with Crippen molar-refractivity contribution in [3.05, 3.63) is 176 Å². The fraction of sp³-hybridized carbons (Fsp3) is 0. The Morgan fingerprint density at radius 3 is 1.48 bits per heavy atom. The van der Waals surface area contributed by atoms with E-state index in [0.717, 1.165) is 17.1 Å². The number of hydrogen-bond acceptors (Lipinski definition) is 2. The summed E-state index contributed by atoms with van der Waals surface area (Å²) in [6.45, 7) is 0. The van der Waals surface area contributed by atoms with Crippen molar-refractivity contribution in [2.75, 3.05) is 4.90 Å². The van der Waals surface area contributed by atoms with E-state index >= 15 is 0 Å². The van der Waals surface area contributed by atoms with Gasteiger partial charge in [-0.2, -0.15) is 0 Å². The van der Waals surface area contributed by atoms with Crippen LogP contribution in [0.15, 0.2) is 176 Å². The molecule has 0 saturated heterocycles. The van der Waals surface area contributed by atoms with Crippen LogP contribution in [0.4, 0.5) is 17.1 Å². The molecule has 2 heteroatoms. The Morgan fingerprint density at radius 2 is 0.841 bits per heavy atom. The van der Waals surface area contributed by atoms with E-state index < -0.39 is 0 Å². The van der Waals surface area contributed by atoms with Crippen LogP contribution in [0.25, 0.3) is 53.6 Å². The third-order valence-electron chi connectivity index (χ3n) is 8.28. The SMILES string of the molecule is c1ccc(-c2ccc(N(c3ccc4sc5ccccc5c4c3)c3c(-c4ccccc4)cccc3-c3ccccc3)cc2)cc1. The monoisotopic (exact) mass is 579 g/mol. The van der Waals surface area contributed by atoms with Crippen LogP contribution in [0.1, 0.15) is 0 Å². The van der Waals surface area contributed by atoms with E-state index in [4.69, 9.17) is 0 Å². The Labute approximate surface area is 261 Å². The maximum atomic E-state index is 2.45. The van der Waals surface area contributed by atoms with Crippen molar-refractivity contribution in [1.82, 2.24) is 0 Å². The van der Waals surface area contributed by atoms with Gasteiger partial charge in [0.1, 0.15) is 0 Å². The first kappa shape index (κ1) is 26.2. The molecule has 0 fully saturated rings. The topological polar surface area (TPSA) is 3.24 Å². The van der Waals surface area contributed by atoms with Gasteiger partial charge in [-0.15, -0.1) is 11.3 Å². The molecular weight excluding hydrogens is 551 g/mol. The van der Waals surface area contributed by atoms with Gasteiger partial charge in [0.15, 0.2) is 0 Å². The maximum absolute atomic E-state index is 2.45. The van der Waals surface area contributed by atoms with E-state index in [2.05, 4.69) is 181 Å². The van der Waals surface area contributed by atoms with Crippen molar-refractivity contribution in [2.45, 2.75) is 0 Å². The van der Waals surface area contributed by atoms with Gasteiger partial charge in [0, 0.05) is 42.7 Å². The number of para-hydroxylation sites is 1. The average molecular weight is 580 g/mol. The summed E-state index contributed by atoms with van der Waals surface area (Å²) >= 11 is 1.85. The van der Waals surface area contributed by atoms with Crippen LogP contribution in [0.3, 0.4) is 0 Å². The minimum absolute atomic E-state index is 1.11. The highest BCUT2D eigenvalue weighted by molar-refractivity contribution is 7.25. The molecule has 8 rings (SSSR count). The summed E-state index contributed by atoms with van der Waals surface area (Å²) in [6, 6.07) is 63.4. The van der Waals surface area contributed by atoms with Crippen LogP contribution < -0.4 is 4.90 Å². The molecule has 1 aromatic heterocycles. The lowest BCUT2D eigenvalue weighted by atomic mass is 9.94. The molecule has 0 aliphatic rings. The zero-order valence-corrected chi connectivity index (χ0v) is 24.9. The first-order chi connectivity index (χ1) is 21.8. The minimum atomic E-state index is 1.11. The van der Waals surface area contributed by atoms with E-state index in [1.54, 1.807) is 0 Å². The summed E-state index contributed by atoms with van der Waals surface area (Å²) in [5, 5.41) is 2.58. The van der Waals surface area contributed by atoms with E-state index in [1.807, 2.05) is 11.3 Å². The Hall–Kier alpha value is -5.44. The number of rotatable bonds is 6. The summed E-state index contributed by atoms with van der Waals surface area (Å²) in [4.78, 5) is 2.45. The highest BCUT2D eigenvalue weighted by atomic mass is 32.1. The fourth-order valence-corrected chi connectivity index (χ4v) is 7.27. The third-order valence-corrected chi connectivity index (χ3v) is 9.43. The zero-order chi connectivity index (χ0) is 29.3. The van der Waals surface area contributed by atoms with Crippen LogP contribution in [0.2, 0.25) is 0 Å². The van der Waals surface area contributed by atoms with Crippen LogP contribution >= 0.6 is 11.3 Å². The molecule has 44 heavy (non-hydrogen) atoms. The standard InChI is InChI=1S/C42H29NS/c1-4-13-30(14-5-1)31-23-25-34(26-24-31)43(35-27-28-41-39(29-35)38-19-10-11-22-40(38)44-41)42-36(32-15-6-2-7-16-32)20-12-21-37(42)33-17-8-3-9-18-33/h1-29H. The molecule has 0 aliphatic carbocycles. The molecule has 0 unspecified atom stereocenters. The minimum Gasteiger partial charge on any atom is -0.309 e. The highest BCUT2D eigenvalue weighted by Crippen LogP contribution is 2.48. The van der Waals surface area contributed by atoms with Crippen LogP contribution in [-0.4, -0.2) is 0 Å². The second kappa shape index (κ2) is 11.3. The largest absolute Gasteiger partial charge is 0.309 e. The fourth-order valence-electron chi connectivity index (χ4n) is 6.18. The molecule has 0 N–H and O–H groups in total. The molecular formula is C42H29NS. The first-order valence-electron chi connectivity index (χ1n) is 14.9. The lowest BCUT2D eigenvalue weighted by Gasteiger charge is -2.30. The first-order valence-corrected chi connectivity index (χ1v) is 15.8. The van der Waals surface area contributed by atoms with Gasteiger partial charge in [-0.1, -0.05) is 140 Å². The lowest BCUT2D eigenvalue weighted by molar-refractivity contribution is 1.29. The number of thiophene rings is 1. The smallest absolute Gasteiger partial charge is 0.0618 e. The molecule has 0 atom stereocenters. The van der Waals surface area contributed by atoms with Crippen LogP contribution in [0, 0.1) is 0 Å². The quantitative estimate of drug-likeness (QED) is 0.189. The number of nitrogens with zero attached hydrogens (tertiary/aromatic N) is 1. The van der Waals surface area contributed by atoms with E-state index in [9.17, 15) is 0 Å². The molecule has 0 saturated carbocycles. The van der Waals surface area contributed by atoms with Crippen molar-refractivity contribution in [1.29, 1.82) is 0 Å². The highest BCUT2D eigenvalue weighted by Gasteiger charge is 2.22. The van der Waals surface area contributed by atoms with Crippen molar-refractivity contribution in [3.63, 3.8) is 0 Å². The van der Waals surface area contributed by atoms with Gasteiger partial charge in [-0.25, -0.2) is 0 Å². The number of hydrogen-bond donors (Lipinski definition) is 0. The van der Waals surface area contributed by atoms with Gasteiger partial charge in [0.2, 0.25) is 0 Å². The molecule has 7 aromatic carbocycles. The molecule has 208 valence electrons. The predicted molar refractivity (Wildman–Crippen MR) is 190 cm³/mol. The average Bonchev–Trinajstić information content (AvgIpc) is 3.48. The van der Waals surface area contributed by atoms with Gasteiger partial charge in [-0.3, -0.25) is 0 Å². The maximum Gasteiger partial charge on any atom is 0.0618 e. The van der Waals surface area contributed by atoms with E-state index in [0.29, 0.717) is 0 Å². The molecule has 0 bridgehead atoms. The summed E-state index contributed by atoms with van der Waals surface area (Å²) < 4.78 is 2.61. The van der Waals surface area contributed by atoms with Crippen LogP contribution in [-0.2, 0) is 0 Å². The molecule has 0 radical (unpaired) electrons. The molecule has 1 heterocycles. The molecule has 0 spiro atoms. The summed E-state index contributed by atoms with van der Waals surface area (Å²) in [5.41, 5.74) is 10.6. The third kappa shape index (κ3) is 4.76. The molecule has 1 nitrogen and oxygen atoms in total. The lowest BCUT2D eigenvalue weighted by Crippen LogP contribution is -2.12. The van der Waals surface area contributed by atoms with Gasteiger partial charge < -0.3 is 4.90 Å². The van der Waals surface area contributed by atoms with E-state index in [1.165, 1.54) is 53.6 Å². The van der Waals surface area contributed by atoms with Gasteiger partial charge in [0.05, 0.1) is 5.69 Å². The number of benzene rings is 7. The van der Waals surface area contributed by atoms with Crippen LogP contribution in [0.5, 0.6) is 0 Å². The van der Waals surface area contributed by atoms with Crippen molar-refractivity contribution < 1.29 is 0 Å². The van der Waals surface area contributed by atoms with Gasteiger partial charge in [0.25, 0.3) is 0 Å². The molecule has 0 aliphatic heterocycles. The second-order valence-corrected chi connectivity index (χ2v) is 12.0. The number of fused-ring (bicyclic) bond motifs is 3. The van der Waals surface area contributed by atoms with Gasteiger partial charge in [-0.05, 0) is 58.7 Å².